The summed E-state index contributed by atoms with van der Waals surface area (Å²) in [5, 5.41) is 2.45. The number of benzene rings is 9. The van der Waals surface area contributed by atoms with Crippen LogP contribution in [0, 0.1) is 13.8 Å². The molecule has 10 aromatic rings. The number of aromatic nitrogens is 1. The minimum absolute atomic E-state index is 0.00845. The highest BCUT2D eigenvalue weighted by atomic mass is 15.2. The smallest absolute Gasteiger partial charge is 0.252 e. The average Bonchev–Trinajstić information content (AvgIpc) is 3.73. The van der Waals surface area contributed by atoms with Gasteiger partial charge in [-0.1, -0.05) is 145 Å². The van der Waals surface area contributed by atoms with Crippen molar-refractivity contribution in [3.05, 3.63) is 241 Å². The normalized spacial score (nSPS) is 13.6. The van der Waals surface area contributed by atoms with Gasteiger partial charge in [-0.25, -0.2) is 0 Å². The topological polar surface area (TPSA) is 14.7 Å². The lowest BCUT2D eigenvalue weighted by molar-refractivity contribution is 1.04. The first kappa shape index (κ1) is 39.1. The van der Waals surface area contributed by atoms with Crippen LogP contribution in [0.2, 0.25) is 0 Å². The van der Waals surface area contributed by atoms with E-state index in [1.807, 2.05) is 0 Å². The van der Waals surface area contributed by atoms with E-state index < -0.39 is 0 Å². The van der Waals surface area contributed by atoms with Crippen LogP contribution in [0.1, 0.15) is 29.5 Å². The number of allylic oxidation sites excluding steroid dienone is 4. The Hall–Kier alpha value is -8.28. The summed E-state index contributed by atoms with van der Waals surface area (Å²) < 4.78 is 2.44. The fourth-order valence-electron chi connectivity index (χ4n) is 11.1. The van der Waals surface area contributed by atoms with E-state index in [2.05, 4.69) is 258 Å². The summed E-state index contributed by atoms with van der Waals surface area (Å²) in [6.45, 7) is 4.40. The van der Waals surface area contributed by atoms with Crippen molar-refractivity contribution in [2.75, 3.05) is 14.7 Å². The Bertz CT molecular complexity index is 3610. The molecule has 2 aliphatic heterocycles. The van der Waals surface area contributed by atoms with E-state index in [4.69, 9.17) is 0 Å². The summed E-state index contributed by atoms with van der Waals surface area (Å²) >= 11 is 0. The Morgan fingerprint density at radius 3 is 1.90 bits per heavy atom. The zero-order valence-corrected chi connectivity index (χ0v) is 37.6. The fraction of sp³-hybridized carbons (Fsp3) is 0.0645. The van der Waals surface area contributed by atoms with Crippen LogP contribution in [0.4, 0.5) is 51.2 Å². The standard InChI is InChI=1S/C62H47BN4/c1-42-28-33-48(34-29-42)65-56-39-30-43(2)40-54(56)63-53-38-37-50(41-60(53)66(58-26-15-25-57(65)61(58)63)49-35-31-45(32-36-49)44-16-6-3-7-17-44)64(46-18-8-4-9-19-46)59-27-14-23-52-51-22-12-13-24-55(51)67(62(52)59)47-20-10-5-11-21-47/h4-6,8-41H,3,7H2,1-2H3. The third-order valence-corrected chi connectivity index (χ3v) is 14.1. The molecule has 0 bridgehead atoms. The molecule has 0 spiro atoms. The fourth-order valence-corrected chi connectivity index (χ4v) is 11.1. The van der Waals surface area contributed by atoms with Crippen LogP contribution in [0.25, 0.3) is 33.1 Å². The molecule has 4 nitrogen and oxygen atoms in total. The summed E-state index contributed by atoms with van der Waals surface area (Å²) in [6, 6.07) is 76.7. The molecular weight excluding hydrogens is 812 g/mol. The number of aryl methyl sites for hydroxylation is 2. The van der Waals surface area contributed by atoms with Gasteiger partial charge in [-0.05, 0) is 145 Å². The van der Waals surface area contributed by atoms with Gasteiger partial charge in [-0.3, -0.25) is 0 Å². The highest BCUT2D eigenvalue weighted by molar-refractivity contribution is 7.00. The van der Waals surface area contributed by atoms with Crippen molar-refractivity contribution in [3.63, 3.8) is 0 Å². The zero-order valence-electron chi connectivity index (χ0n) is 37.6. The van der Waals surface area contributed by atoms with Gasteiger partial charge in [0, 0.05) is 62.0 Å². The van der Waals surface area contributed by atoms with Crippen molar-refractivity contribution >= 4 is 102 Å². The quantitative estimate of drug-likeness (QED) is 0.148. The van der Waals surface area contributed by atoms with Crippen LogP contribution in [0.15, 0.2) is 224 Å². The molecule has 0 amide bonds. The van der Waals surface area contributed by atoms with E-state index in [1.54, 1.807) is 0 Å². The second kappa shape index (κ2) is 15.7. The van der Waals surface area contributed by atoms with Crippen LogP contribution in [0.5, 0.6) is 0 Å². The summed E-state index contributed by atoms with van der Waals surface area (Å²) in [5.74, 6) is 0. The molecule has 13 rings (SSSR count). The van der Waals surface area contributed by atoms with E-state index in [9.17, 15) is 0 Å². The van der Waals surface area contributed by atoms with Gasteiger partial charge in [0.25, 0.3) is 6.71 Å². The molecule has 0 radical (unpaired) electrons. The second-order valence-corrected chi connectivity index (χ2v) is 18.2. The highest BCUT2D eigenvalue weighted by Crippen LogP contribution is 2.48. The van der Waals surface area contributed by atoms with Gasteiger partial charge < -0.3 is 19.3 Å². The lowest BCUT2D eigenvalue weighted by Gasteiger charge is -2.44. The van der Waals surface area contributed by atoms with Gasteiger partial charge in [-0.2, -0.15) is 0 Å². The largest absolute Gasteiger partial charge is 0.311 e. The van der Waals surface area contributed by atoms with Crippen LogP contribution >= 0.6 is 0 Å². The van der Waals surface area contributed by atoms with Gasteiger partial charge >= 0.3 is 0 Å². The maximum atomic E-state index is 2.53. The molecule has 9 aromatic carbocycles. The first-order valence-electron chi connectivity index (χ1n) is 23.5. The van der Waals surface area contributed by atoms with Crippen molar-refractivity contribution in [3.8, 4) is 5.69 Å². The molecule has 1 aliphatic carbocycles. The van der Waals surface area contributed by atoms with Crippen molar-refractivity contribution in [1.82, 2.24) is 4.57 Å². The number of nitrogens with zero attached hydrogens (tertiary/aromatic N) is 4. The van der Waals surface area contributed by atoms with Crippen LogP contribution in [-0.4, -0.2) is 11.3 Å². The van der Waals surface area contributed by atoms with Crippen molar-refractivity contribution < 1.29 is 0 Å². The van der Waals surface area contributed by atoms with Crippen molar-refractivity contribution in [2.24, 2.45) is 0 Å². The molecule has 3 heterocycles. The molecule has 318 valence electrons. The molecular formula is C62H47BN4. The number of hydrogen-bond donors (Lipinski definition) is 0. The SMILES string of the molecule is Cc1ccc(N2c3ccc(C)cc3B3c4ccc(N(c5ccccc5)c5cccc6c7ccccc7n(-c7ccccc7)c56)cc4N(c4ccc(C5=CCCC=C5)cc4)c4cccc2c43)cc1. The van der Waals surface area contributed by atoms with E-state index >= 15 is 0 Å². The molecule has 0 saturated carbocycles. The number of para-hydroxylation sites is 4. The third kappa shape index (κ3) is 6.30. The van der Waals surface area contributed by atoms with Crippen LogP contribution < -0.4 is 31.1 Å². The summed E-state index contributed by atoms with van der Waals surface area (Å²) in [6.07, 6.45) is 9.10. The predicted octanol–water partition coefficient (Wildman–Crippen LogP) is 14.7. The van der Waals surface area contributed by atoms with E-state index in [0.717, 1.165) is 52.5 Å². The van der Waals surface area contributed by atoms with Crippen molar-refractivity contribution in [2.45, 2.75) is 26.7 Å². The number of anilines is 9. The molecule has 0 atom stereocenters. The third-order valence-electron chi connectivity index (χ3n) is 14.1. The molecule has 0 unspecified atom stereocenters. The first-order chi connectivity index (χ1) is 33.1. The molecule has 5 heteroatoms. The van der Waals surface area contributed by atoms with E-state index in [1.165, 1.54) is 77.7 Å². The summed E-state index contributed by atoms with van der Waals surface area (Å²) in [5.41, 5.74) is 22.8. The monoisotopic (exact) mass is 858 g/mol. The molecule has 3 aliphatic rings. The Kier molecular flexibility index (Phi) is 9.17. The van der Waals surface area contributed by atoms with Gasteiger partial charge in [0.15, 0.2) is 0 Å². The molecule has 0 fully saturated rings. The van der Waals surface area contributed by atoms with Crippen LogP contribution in [0.3, 0.4) is 0 Å². The van der Waals surface area contributed by atoms with Gasteiger partial charge in [0.05, 0.1) is 16.7 Å². The first-order valence-corrected chi connectivity index (χ1v) is 23.5. The predicted molar refractivity (Wildman–Crippen MR) is 285 cm³/mol. The van der Waals surface area contributed by atoms with E-state index in [-0.39, 0.29) is 6.71 Å². The van der Waals surface area contributed by atoms with Crippen LogP contribution in [-0.2, 0) is 0 Å². The van der Waals surface area contributed by atoms with Gasteiger partial charge in [0.1, 0.15) is 0 Å². The number of hydrogen-bond acceptors (Lipinski definition) is 3. The summed E-state index contributed by atoms with van der Waals surface area (Å²) in [7, 11) is 0. The molecule has 1 aromatic heterocycles. The Labute approximate surface area is 392 Å². The highest BCUT2D eigenvalue weighted by Gasteiger charge is 2.43. The Morgan fingerprint density at radius 2 is 1.13 bits per heavy atom. The second-order valence-electron chi connectivity index (χ2n) is 18.2. The molecule has 0 saturated heterocycles. The minimum Gasteiger partial charge on any atom is -0.311 e. The lowest BCUT2D eigenvalue weighted by atomic mass is 9.33. The molecule has 0 N–H and O–H groups in total. The molecule has 67 heavy (non-hydrogen) atoms. The van der Waals surface area contributed by atoms with Gasteiger partial charge in [0.2, 0.25) is 0 Å². The summed E-state index contributed by atoms with van der Waals surface area (Å²) in [4.78, 5) is 7.48. The zero-order chi connectivity index (χ0) is 44.6. The maximum absolute atomic E-state index is 2.53. The Morgan fingerprint density at radius 1 is 0.463 bits per heavy atom. The lowest BCUT2D eigenvalue weighted by Crippen LogP contribution is -2.61. The maximum Gasteiger partial charge on any atom is 0.252 e. The van der Waals surface area contributed by atoms with Gasteiger partial charge in [-0.15, -0.1) is 0 Å². The Balaban J connectivity index is 1.08. The minimum atomic E-state index is 0.00845. The average molecular weight is 859 g/mol. The van der Waals surface area contributed by atoms with Crippen molar-refractivity contribution in [1.29, 1.82) is 0 Å². The number of rotatable bonds is 7. The van der Waals surface area contributed by atoms with E-state index in [0.29, 0.717) is 0 Å². The number of fused-ring (bicyclic) bond motifs is 7.